The maximum absolute atomic E-state index is 12.7. The minimum Gasteiger partial charge on any atom is -0.322 e. The van der Waals surface area contributed by atoms with Crippen LogP contribution in [0.1, 0.15) is 18.5 Å². The number of likely N-dealkylation sites (tertiary alicyclic amines) is 1. The summed E-state index contributed by atoms with van der Waals surface area (Å²) in [5.74, 6) is 0.630. The zero-order chi connectivity index (χ0) is 18.5. The third-order valence-corrected chi connectivity index (χ3v) is 4.71. The first-order valence-corrected chi connectivity index (χ1v) is 9.12. The van der Waals surface area contributed by atoms with Gasteiger partial charge in [0.15, 0.2) is 5.82 Å². The second-order valence-corrected chi connectivity index (χ2v) is 6.60. The molecular formula is C21H21N5O. The van der Waals surface area contributed by atoms with Crippen LogP contribution in [0.25, 0.3) is 11.4 Å². The van der Waals surface area contributed by atoms with Crippen molar-refractivity contribution in [2.24, 2.45) is 0 Å². The Morgan fingerprint density at radius 2 is 1.81 bits per heavy atom. The standard InChI is InChI=1S/C21H21N5O/c27-21(19-10-6-12-26(19)15-17-9-4-5-11-22-17)25-18-13-23-20(24-14-18)16-7-2-1-3-8-16/h1-5,7-9,11,13-14,19H,6,10,12,15H2,(H,25,27). The molecule has 4 rings (SSSR count). The summed E-state index contributed by atoms with van der Waals surface area (Å²) in [7, 11) is 0. The van der Waals surface area contributed by atoms with Crippen LogP contribution in [0, 0.1) is 0 Å². The van der Waals surface area contributed by atoms with Crippen molar-refractivity contribution in [1.29, 1.82) is 0 Å². The van der Waals surface area contributed by atoms with Crippen LogP contribution in [0.5, 0.6) is 0 Å². The van der Waals surface area contributed by atoms with Crippen LogP contribution in [0.3, 0.4) is 0 Å². The highest BCUT2D eigenvalue weighted by molar-refractivity contribution is 5.94. The largest absolute Gasteiger partial charge is 0.322 e. The molecule has 1 unspecified atom stereocenters. The third kappa shape index (κ3) is 4.17. The van der Waals surface area contributed by atoms with Gasteiger partial charge in [-0.2, -0.15) is 0 Å². The fourth-order valence-electron chi connectivity index (χ4n) is 3.37. The molecule has 136 valence electrons. The molecular weight excluding hydrogens is 338 g/mol. The summed E-state index contributed by atoms with van der Waals surface area (Å²) < 4.78 is 0. The number of anilines is 1. The molecule has 2 aromatic heterocycles. The van der Waals surface area contributed by atoms with Crippen LogP contribution in [-0.2, 0) is 11.3 Å². The molecule has 1 amide bonds. The summed E-state index contributed by atoms with van der Waals surface area (Å²) in [5.41, 5.74) is 2.55. The highest BCUT2D eigenvalue weighted by Crippen LogP contribution is 2.21. The molecule has 1 atom stereocenters. The van der Waals surface area contributed by atoms with Crippen molar-refractivity contribution in [3.8, 4) is 11.4 Å². The molecule has 1 aliphatic rings. The van der Waals surface area contributed by atoms with E-state index in [0.29, 0.717) is 18.1 Å². The van der Waals surface area contributed by atoms with Crippen molar-refractivity contribution in [3.05, 3.63) is 72.8 Å². The second kappa shape index (κ2) is 8.05. The van der Waals surface area contributed by atoms with Gasteiger partial charge in [-0.05, 0) is 31.5 Å². The summed E-state index contributed by atoms with van der Waals surface area (Å²) in [5, 5.41) is 2.95. The zero-order valence-electron chi connectivity index (χ0n) is 15.0. The molecule has 1 aromatic carbocycles. The molecule has 6 heteroatoms. The Kier molecular flexibility index (Phi) is 5.16. The van der Waals surface area contributed by atoms with Gasteiger partial charge < -0.3 is 5.32 Å². The predicted octanol–water partition coefficient (Wildman–Crippen LogP) is 3.14. The molecule has 0 bridgehead atoms. The smallest absolute Gasteiger partial charge is 0.241 e. The normalized spacial score (nSPS) is 17.0. The quantitative estimate of drug-likeness (QED) is 0.758. The lowest BCUT2D eigenvalue weighted by molar-refractivity contribution is -0.120. The molecule has 3 heterocycles. The highest BCUT2D eigenvalue weighted by atomic mass is 16.2. The van der Waals surface area contributed by atoms with Crippen molar-refractivity contribution in [3.63, 3.8) is 0 Å². The first-order valence-electron chi connectivity index (χ1n) is 9.12. The van der Waals surface area contributed by atoms with E-state index in [0.717, 1.165) is 30.6 Å². The molecule has 0 spiro atoms. The van der Waals surface area contributed by atoms with Gasteiger partial charge in [-0.15, -0.1) is 0 Å². The van der Waals surface area contributed by atoms with Crippen molar-refractivity contribution in [2.45, 2.75) is 25.4 Å². The van der Waals surface area contributed by atoms with E-state index in [1.165, 1.54) is 0 Å². The van der Waals surface area contributed by atoms with Crippen LogP contribution in [0.2, 0.25) is 0 Å². The minimum absolute atomic E-state index is 0.0144. The Morgan fingerprint density at radius 3 is 2.56 bits per heavy atom. The van der Waals surface area contributed by atoms with Crippen LogP contribution in [-0.4, -0.2) is 38.3 Å². The number of nitrogens with zero attached hydrogens (tertiary/aromatic N) is 4. The Balaban J connectivity index is 1.41. The molecule has 27 heavy (non-hydrogen) atoms. The highest BCUT2D eigenvalue weighted by Gasteiger charge is 2.30. The number of aromatic nitrogens is 3. The predicted molar refractivity (Wildman–Crippen MR) is 104 cm³/mol. The summed E-state index contributed by atoms with van der Waals surface area (Å²) in [6, 6.07) is 15.5. The summed E-state index contributed by atoms with van der Waals surface area (Å²) in [6.45, 7) is 1.58. The van der Waals surface area contributed by atoms with E-state index in [1.54, 1.807) is 18.6 Å². The van der Waals surface area contributed by atoms with E-state index in [2.05, 4.69) is 25.2 Å². The van der Waals surface area contributed by atoms with Crippen LogP contribution in [0.4, 0.5) is 5.69 Å². The van der Waals surface area contributed by atoms with Crippen LogP contribution >= 0.6 is 0 Å². The third-order valence-electron chi connectivity index (χ3n) is 4.71. The van der Waals surface area contributed by atoms with Gasteiger partial charge in [0.1, 0.15) is 0 Å². The van der Waals surface area contributed by atoms with Gasteiger partial charge in [-0.1, -0.05) is 36.4 Å². The first-order chi connectivity index (χ1) is 13.3. The summed E-state index contributed by atoms with van der Waals surface area (Å²) in [4.78, 5) is 28.0. The van der Waals surface area contributed by atoms with Crippen molar-refractivity contribution < 1.29 is 4.79 Å². The van der Waals surface area contributed by atoms with Gasteiger partial charge in [-0.25, -0.2) is 9.97 Å². The molecule has 1 aliphatic heterocycles. The molecule has 3 aromatic rings. The average Bonchev–Trinajstić information content (AvgIpc) is 3.18. The Morgan fingerprint density at radius 1 is 1.04 bits per heavy atom. The lowest BCUT2D eigenvalue weighted by Crippen LogP contribution is -2.39. The van der Waals surface area contributed by atoms with E-state index in [1.807, 2.05) is 48.5 Å². The van der Waals surface area contributed by atoms with Crippen LogP contribution in [0.15, 0.2) is 67.1 Å². The van der Waals surface area contributed by atoms with E-state index in [-0.39, 0.29) is 11.9 Å². The Hall–Kier alpha value is -3.12. The zero-order valence-corrected chi connectivity index (χ0v) is 15.0. The van der Waals surface area contributed by atoms with E-state index >= 15 is 0 Å². The molecule has 0 saturated carbocycles. The van der Waals surface area contributed by atoms with E-state index < -0.39 is 0 Å². The molecule has 0 aliphatic carbocycles. The number of amides is 1. The number of hydrogen-bond acceptors (Lipinski definition) is 5. The van der Waals surface area contributed by atoms with Crippen molar-refractivity contribution in [1.82, 2.24) is 19.9 Å². The molecule has 0 radical (unpaired) electrons. The number of benzene rings is 1. The lowest BCUT2D eigenvalue weighted by Gasteiger charge is -2.23. The topological polar surface area (TPSA) is 71.0 Å². The Labute approximate surface area is 158 Å². The van der Waals surface area contributed by atoms with Gasteiger partial charge in [0.2, 0.25) is 5.91 Å². The number of carbonyl (C=O) groups excluding carboxylic acids is 1. The lowest BCUT2D eigenvalue weighted by atomic mass is 10.2. The van der Waals surface area contributed by atoms with Gasteiger partial charge in [0.05, 0.1) is 29.8 Å². The number of rotatable bonds is 5. The number of hydrogen-bond donors (Lipinski definition) is 1. The summed E-state index contributed by atoms with van der Waals surface area (Å²) >= 11 is 0. The van der Waals surface area contributed by atoms with E-state index in [9.17, 15) is 4.79 Å². The van der Waals surface area contributed by atoms with Crippen molar-refractivity contribution in [2.75, 3.05) is 11.9 Å². The first kappa shape index (κ1) is 17.3. The number of pyridine rings is 1. The van der Waals surface area contributed by atoms with Gasteiger partial charge >= 0.3 is 0 Å². The fourth-order valence-corrected chi connectivity index (χ4v) is 3.37. The maximum atomic E-state index is 12.7. The molecule has 1 fully saturated rings. The maximum Gasteiger partial charge on any atom is 0.241 e. The average molecular weight is 359 g/mol. The molecule has 1 N–H and O–H groups in total. The molecule has 6 nitrogen and oxygen atoms in total. The van der Waals surface area contributed by atoms with Gasteiger partial charge in [-0.3, -0.25) is 14.7 Å². The molecule has 1 saturated heterocycles. The number of carbonyl (C=O) groups is 1. The van der Waals surface area contributed by atoms with Gasteiger partial charge in [0, 0.05) is 18.3 Å². The second-order valence-electron chi connectivity index (χ2n) is 6.60. The van der Waals surface area contributed by atoms with Crippen LogP contribution < -0.4 is 5.32 Å². The van der Waals surface area contributed by atoms with E-state index in [4.69, 9.17) is 0 Å². The Bertz CT molecular complexity index is 883. The monoisotopic (exact) mass is 359 g/mol. The SMILES string of the molecule is O=C(Nc1cnc(-c2ccccc2)nc1)C1CCCN1Cc1ccccn1. The minimum atomic E-state index is -0.152. The number of nitrogens with one attached hydrogen (secondary N) is 1. The fraction of sp³-hybridized carbons (Fsp3) is 0.238. The van der Waals surface area contributed by atoms with Crippen molar-refractivity contribution >= 4 is 11.6 Å². The summed E-state index contributed by atoms with van der Waals surface area (Å²) in [6.07, 6.45) is 6.96. The van der Waals surface area contributed by atoms with Gasteiger partial charge in [0.25, 0.3) is 0 Å².